The standard InChI is InChI=1S/C26H24FN3O2S/c1-19-12-13-22-16-23(27)14-15-24(22)30(19)33(31,32)25-18-29(17-20-8-4-2-5-9-20)28-26(25)21-10-6-3-7-11-21/h2-11,14-16,18-19H,12-13,17H2,1H3. The molecule has 33 heavy (non-hydrogen) atoms. The molecule has 0 fully saturated rings. The summed E-state index contributed by atoms with van der Waals surface area (Å²) in [6.07, 6.45) is 2.86. The molecule has 7 heteroatoms. The molecule has 0 radical (unpaired) electrons. The van der Waals surface area contributed by atoms with Crippen molar-refractivity contribution in [1.82, 2.24) is 9.78 Å². The van der Waals surface area contributed by atoms with Gasteiger partial charge in [0.25, 0.3) is 10.0 Å². The molecule has 0 aliphatic carbocycles. The predicted molar refractivity (Wildman–Crippen MR) is 127 cm³/mol. The minimum atomic E-state index is -3.96. The van der Waals surface area contributed by atoms with Crippen LogP contribution in [0.15, 0.2) is 90.0 Å². The molecule has 2 heterocycles. The second-order valence-electron chi connectivity index (χ2n) is 8.35. The number of aryl methyl sites for hydroxylation is 1. The third-order valence-corrected chi connectivity index (χ3v) is 7.94. The van der Waals surface area contributed by atoms with Crippen molar-refractivity contribution in [1.29, 1.82) is 0 Å². The lowest BCUT2D eigenvalue weighted by molar-refractivity contribution is 0.560. The Morgan fingerprint density at radius 1 is 1.00 bits per heavy atom. The van der Waals surface area contributed by atoms with Crippen LogP contribution in [0.2, 0.25) is 0 Å². The number of anilines is 1. The average Bonchev–Trinajstić information content (AvgIpc) is 3.25. The lowest BCUT2D eigenvalue weighted by atomic mass is 9.99. The fourth-order valence-electron chi connectivity index (χ4n) is 4.40. The molecule has 1 aliphatic heterocycles. The average molecular weight is 462 g/mol. The zero-order valence-electron chi connectivity index (χ0n) is 18.2. The fraction of sp³-hybridized carbons (Fsp3) is 0.192. The maximum absolute atomic E-state index is 14.1. The van der Waals surface area contributed by atoms with Crippen molar-refractivity contribution >= 4 is 15.7 Å². The monoisotopic (exact) mass is 461 g/mol. The molecule has 3 aromatic carbocycles. The van der Waals surface area contributed by atoms with E-state index in [1.807, 2.05) is 67.6 Å². The fourth-order valence-corrected chi connectivity index (χ4v) is 6.29. The molecule has 5 nitrogen and oxygen atoms in total. The molecule has 1 atom stereocenters. The molecule has 1 aromatic heterocycles. The van der Waals surface area contributed by atoms with E-state index in [0.717, 1.165) is 11.1 Å². The molecule has 0 spiro atoms. The van der Waals surface area contributed by atoms with Gasteiger partial charge in [0.05, 0.1) is 12.2 Å². The van der Waals surface area contributed by atoms with Crippen LogP contribution in [0.1, 0.15) is 24.5 Å². The highest BCUT2D eigenvalue weighted by Gasteiger charge is 2.37. The van der Waals surface area contributed by atoms with Crippen LogP contribution in [0, 0.1) is 5.82 Å². The maximum Gasteiger partial charge on any atom is 0.268 e. The van der Waals surface area contributed by atoms with E-state index in [-0.39, 0.29) is 16.8 Å². The number of hydrogen-bond donors (Lipinski definition) is 0. The number of fused-ring (bicyclic) bond motifs is 1. The summed E-state index contributed by atoms with van der Waals surface area (Å²) in [5.74, 6) is -0.360. The number of nitrogens with zero attached hydrogens (tertiary/aromatic N) is 3. The molecule has 0 amide bonds. The molecule has 168 valence electrons. The maximum atomic E-state index is 14.1. The summed E-state index contributed by atoms with van der Waals surface area (Å²) in [6, 6.07) is 23.2. The summed E-state index contributed by atoms with van der Waals surface area (Å²) in [5, 5.41) is 4.68. The third-order valence-electron chi connectivity index (χ3n) is 6.01. The minimum absolute atomic E-state index is 0.147. The predicted octanol–water partition coefficient (Wildman–Crippen LogP) is 5.27. The number of hydrogen-bond acceptors (Lipinski definition) is 3. The lowest BCUT2D eigenvalue weighted by Crippen LogP contribution is -2.42. The number of halogens is 1. The summed E-state index contributed by atoms with van der Waals surface area (Å²) in [5.41, 5.74) is 3.40. The van der Waals surface area contributed by atoms with Gasteiger partial charge in [0, 0.05) is 17.8 Å². The Hall–Kier alpha value is -3.45. The van der Waals surface area contributed by atoms with Crippen molar-refractivity contribution in [2.75, 3.05) is 4.31 Å². The first-order valence-electron chi connectivity index (χ1n) is 10.9. The number of rotatable bonds is 5. The van der Waals surface area contributed by atoms with Crippen molar-refractivity contribution in [3.63, 3.8) is 0 Å². The van der Waals surface area contributed by atoms with Gasteiger partial charge in [0.2, 0.25) is 0 Å². The first-order valence-corrected chi connectivity index (χ1v) is 12.4. The van der Waals surface area contributed by atoms with Gasteiger partial charge >= 0.3 is 0 Å². The number of sulfonamides is 1. The highest BCUT2D eigenvalue weighted by Crippen LogP contribution is 2.38. The Morgan fingerprint density at radius 3 is 2.42 bits per heavy atom. The second-order valence-corrected chi connectivity index (χ2v) is 10.1. The molecule has 4 aromatic rings. The Balaban J connectivity index is 1.65. The van der Waals surface area contributed by atoms with Gasteiger partial charge in [-0.05, 0) is 49.1 Å². The van der Waals surface area contributed by atoms with E-state index in [0.29, 0.717) is 36.3 Å². The van der Waals surface area contributed by atoms with Gasteiger partial charge in [-0.3, -0.25) is 8.99 Å². The SMILES string of the molecule is CC1CCc2cc(F)ccc2N1S(=O)(=O)c1cn(Cc2ccccc2)nc1-c1ccccc1. The van der Waals surface area contributed by atoms with Crippen molar-refractivity contribution in [2.24, 2.45) is 0 Å². The third kappa shape index (κ3) is 4.04. The molecule has 1 unspecified atom stereocenters. The highest BCUT2D eigenvalue weighted by atomic mass is 32.2. The highest BCUT2D eigenvalue weighted by molar-refractivity contribution is 7.93. The summed E-state index contributed by atoms with van der Waals surface area (Å²) >= 11 is 0. The van der Waals surface area contributed by atoms with E-state index in [1.165, 1.54) is 16.4 Å². The van der Waals surface area contributed by atoms with Gasteiger partial charge in [0.1, 0.15) is 16.4 Å². The van der Waals surface area contributed by atoms with Crippen LogP contribution in [0.3, 0.4) is 0 Å². The summed E-state index contributed by atoms with van der Waals surface area (Å²) < 4.78 is 45.1. The van der Waals surface area contributed by atoms with Crippen molar-refractivity contribution in [2.45, 2.75) is 37.2 Å². The van der Waals surface area contributed by atoms with Crippen LogP contribution in [0.25, 0.3) is 11.3 Å². The zero-order valence-corrected chi connectivity index (χ0v) is 19.0. The Kier molecular flexibility index (Phi) is 5.50. The van der Waals surface area contributed by atoms with Gasteiger partial charge in [-0.15, -0.1) is 0 Å². The van der Waals surface area contributed by atoms with Gasteiger partial charge in [-0.1, -0.05) is 60.7 Å². The number of benzene rings is 3. The van der Waals surface area contributed by atoms with E-state index in [9.17, 15) is 12.8 Å². The van der Waals surface area contributed by atoms with Crippen molar-refractivity contribution < 1.29 is 12.8 Å². The van der Waals surface area contributed by atoms with Crippen LogP contribution in [0.4, 0.5) is 10.1 Å². The summed E-state index contributed by atoms with van der Waals surface area (Å²) in [4.78, 5) is 0.147. The van der Waals surface area contributed by atoms with E-state index < -0.39 is 10.0 Å². The summed E-state index contributed by atoms with van der Waals surface area (Å²) in [7, 11) is -3.96. The molecular formula is C26H24FN3O2S. The first-order chi connectivity index (χ1) is 15.9. The smallest absolute Gasteiger partial charge is 0.266 e. The normalized spacial score (nSPS) is 15.9. The molecule has 0 bridgehead atoms. The van der Waals surface area contributed by atoms with Crippen LogP contribution in [0.5, 0.6) is 0 Å². The zero-order chi connectivity index (χ0) is 23.0. The van der Waals surface area contributed by atoms with Crippen LogP contribution >= 0.6 is 0 Å². The lowest BCUT2D eigenvalue weighted by Gasteiger charge is -2.35. The Labute approximate surface area is 193 Å². The molecule has 5 rings (SSSR count). The Morgan fingerprint density at radius 2 is 1.70 bits per heavy atom. The molecule has 0 N–H and O–H groups in total. The van der Waals surface area contributed by atoms with Crippen LogP contribution in [-0.2, 0) is 23.0 Å². The van der Waals surface area contributed by atoms with Gasteiger partial charge in [-0.25, -0.2) is 12.8 Å². The molecule has 0 saturated carbocycles. The minimum Gasteiger partial charge on any atom is -0.266 e. The van der Waals surface area contributed by atoms with Gasteiger partial charge < -0.3 is 0 Å². The van der Waals surface area contributed by atoms with Crippen molar-refractivity contribution in [3.8, 4) is 11.3 Å². The van der Waals surface area contributed by atoms with E-state index >= 15 is 0 Å². The van der Waals surface area contributed by atoms with Gasteiger partial charge in [0.15, 0.2) is 0 Å². The first kappa shape index (κ1) is 21.4. The molecular weight excluding hydrogens is 437 g/mol. The Bertz CT molecular complexity index is 1390. The summed E-state index contributed by atoms with van der Waals surface area (Å²) in [6.45, 7) is 2.34. The molecule has 0 saturated heterocycles. The van der Waals surface area contributed by atoms with Gasteiger partial charge in [-0.2, -0.15) is 5.10 Å². The second kappa shape index (κ2) is 8.48. The van der Waals surface area contributed by atoms with E-state index in [2.05, 4.69) is 5.10 Å². The quantitative estimate of drug-likeness (QED) is 0.407. The number of aromatic nitrogens is 2. The van der Waals surface area contributed by atoms with E-state index in [4.69, 9.17) is 0 Å². The van der Waals surface area contributed by atoms with Crippen LogP contribution in [-0.4, -0.2) is 24.2 Å². The molecule has 1 aliphatic rings. The topological polar surface area (TPSA) is 55.2 Å². The van der Waals surface area contributed by atoms with Crippen LogP contribution < -0.4 is 4.31 Å². The largest absolute Gasteiger partial charge is 0.268 e. The van der Waals surface area contributed by atoms with Crippen molar-refractivity contribution in [3.05, 3.63) is 102 Å². The van der Waals surface area contributed by atoms with E-state index in [1.54, 1.807) is 16.9 Å².